The molecule has 0 radical (unpaired) electrons. The Morgan fingerprint density at radius 3 is 2.70 bits per heavy atom. The molecular formula is C14H13ClN2O2S. The fraction of sp³-hybridized carbons (Fsp3) is 0.143. The second-order valence-corrected chi connectivity index (χ2v) is 5.63. The van der Waals surface area contributed by atoms with Crippen molar-refractivity contribution in [3.63, 3.8) is 0 Å². The summed E-state index contributed by atoms with van der Waals surface area (Å²) in [5, 5.41) is 14.7. The summed E-state index contributed by atoms with van der Waals surface area (Å²) in [7, 11) is 1.86. The Morgan fingerprint density at radius 1 is 1.25 bits per heavy atom. The molecule has 0 aromatic heterocycles. The smallest absolute Gasteiger partial charge is 0.283 e. The molecule has 20 heavy (non-hydrogen) atoms. The molecule has 6 heteroatoms. The van der Waals surface area contributed by atoms with Crippen molar-refractivity contribution in [2.24, 2.45) is 0 Å². The van der Waals surface area contributed by atoms with Crippen LogP contribution in [0.3, 0.4) is 0 Å². The van der Waals surface area contributed by atoms with Crippen molar-refractivity contribution in [2.75, 3.05) is 7.05 Å². The zero-order chi connectivity index (χ0) is 14.5. The minimum Gasteiger partial charge on any atom is -0.316 e. The molecule has 1 N–H and O–H groups in total. The van der Waals surface area contributed by atoms with Crippen LogP contribution in [-0.4, -0.2) is 12.0 Å². The summed E-state index contributed by atoms with van der Waals surface area (Å²) in [6, 6.07) is 12.3. The van der Waals surface area contributed by atoms with Gasteiger partial charge in [-0.3, -0.25) is 10.1 Å². The first kappa shape index (κ1) is 14.8. The normalized spacial score (nSPS) is 10.5. The van der Waals surface area contributed by atoms with Gasteiger partial charge in [0.15, 0.2) is 0 Å². The molecule has 0 unspecified atom stereocenters. The SMILES string of the molecule is CNCc1ccc(Cl)cc1Sc1ccccc1[N+](=O)[O-]. The largest absolute Gasteiger partial charge is 0.316 e. The van der Waals surface area contributed by atoms with Crippen molar-refractivity contribution >= 4 is 29.1 Å². The fourth-order valence-electron chi connectivity index (χ4n) is 1.77. The number of nitrogens with zero attached hydrogens (tertiary/aromatic N) is 1. The summed E-state index contributed by atoms with van der Waals surface area (Å²) in [6.45, 7) is 0.681. The monoisotopic (exact) mass is 308 g/mol. The molecule has 2 rings (SSSR count). The molecule has 104 valence electrons. The van der Waals surface area contributed by atoms with Crippen molar-refractivity contribution in [1.29, 1.82) is 0 Å². The lowest BCUT2D eigenvalue weighted by molar-refractivity contribution is -0.387. The number of hydrogen-bond acceptors (Lipinski definition) is 4. The fourth-order valence-corrected chi connectivity index (χ4v) is 3.10. The zero-order valence-electron chi connectivity index (χ0n) is 10.8. The molecule has 4 nitrogen and oxygen atoms in total. The van der Waals surface area contributed by atoms with Gasteiger partial charge in [0.05, 0.1) is 9.82 Å². The number of nitro benzene ring substituents is 1. The number of nitrogens with one attached hydrogen (secondary N) is 1. The predicted molar refractivity (Wildman–Crippen MR) is 81.4 cm³/mol. The quantitative estimate of drug-likeness (QED) is 0.667. The van der Waals surface area contributed by atoms with E-state index >= 15 is 0 Å². The van der Waals surface area contributed by atoms with Crippen LogP contribution < -0.4 is 5.32 Å². The number of para-hydroxylation sites is 1. The van der Waals surface area contributed by atoms with Gasteiger partial charge in [0.25, 0.3) is 5.69 Å². The van der Waals surface area contributed by atoms with E-state index in [1.165, 1.54) is 17.8 Å². The molecule has 2 aromatic rings. The van der Waals surface area contributed by atoms with Crippen molar-refractivity contribution in [3.8, 4) is 0 Å². The van der Waals surface area contributed by atoms with Crippen LogP contribution in [0.4, 0.5) is 5.69 Å². The number of benzene rings is 2. The number of hydrogen-bond donors (Lipinski definition) is 1. The highest BCUT2D eigenvalue weighted by atomic mass is 35.5. The van der Waals surface area contributed by atoms with Gasteiger partial charge in [-0.1, -0.05) is 41.6 Å². The molecule has 0 aliphatic heterocycles. The number of halogens is 1. The third kappa shape index (κ3) is 3.50. The first-order chi connectivity index (χ1) is 9.61. The average molecular weight is 309 g/mol. The van der Waals surface area contributed by atoms with E-state index in [9.17, 15) is 10.1 Å². The summed E-state index contributed by atoms with van der Waals surface area (Å²) in [4.78, 5) is 12.2. The maximum Gasteiger partial charge on any atom is 0.283 e. The van der Waals surface area contributed by atoms with Gasteiger partial charge in [0.1, 0.15) is 0 Å². The van der Waals surface area contributed by atoms with Gasteiger partial charge in [-0.2, -0.15) is 0 Å². The van der Waals surface area contributed by atoms with Crippen LogP contribution in [0.1, 0.15) is 5.56 Å². The van der Waals surface area contributed by atoms with Crippen molar-refractivity contribution < 1.29 is 4.92 Å². The second-order valence-electron chi connectivity index (χ2n) is 4.11. The topological polar surface area (TPSA) is 55.2 Å². The van der Waals surface area contributed by atoms with Crippen LogP contribution in [0, 0.1) is 10.1 Å². The van der Waals surface area contributed by atoms with Crippen LogP contribution in [0.15, 0.2) is 52.3 Å². The van der Waals surface area contributed by atoms with Crippen LogP contribution in [0.5, 0.6) is 0 Å². The predicted octanol–water partition coefficient (Wildman–Crippen LogP) is 4.12. The summed E-state index contributed by atoms with van der Waals surface area (Å²) >= 11 is 7.38. The van der Waals surface area contributed by atoms with E-state index < -0.39 is 0 Å². The Hall–Kier alpha value is -1.56. The summed E-state index contributed by atoms with van der Waals surface area (Å²) < 4.78 is 0. The molecule has 2 aromatic carbocycles. The molecule has 0 saturated heterocycles. The maximum atomic E-state index is 11.0. The molecule has 0 amide bonds. The molecule has 0 fully saturated rings. The van der Waals surface area contributed by atoms with Crippen LogP contribution >= 0.6 is 23.4 Å². The van der Waals surface area contributed by atoms with Crippen LogP contribution in [-0.2, 0) is 6.54 Å². The molecule has 0 bridgehead atoms. The maximum absolute atomic E-state index is 11.0. The Labute approximate surface area is 126 Å². The zero-order valence-corrected chi connectivity index (χ0v) is 12.4. The Balaban J connectivity index is 2.39. The molecule has 0 aliphatic rings. The molecule has 0 saturated carbocycles. The van der Waals surface area contributed by atoms with E-state index in [2.05, 4.69) is 5.32 Å². The lowest BCUT2D eigenvalue weighted by Gasteiger charge is -2.09. The van der Waals surface area contributed by atoms with Crippen molar-refractivity contribution in [3.05, 3.63) is 63.2 Å². The van der Waals surface area contributed by atoms with E-state index in [4.69, 9.17) is 11.6 Å². The van der Waals surface area contributed by atoms with Gasteiger partial charge >= 0.3 is 0 Å². The van der Waals surface area contributed by atoms with E-state index in [-0.39, 0.29) is 10.6 Å². The molecular weight excluding hydrogens is 296 g/mol. The summed E-state index contributed by atoms with van der Waals surface area (Å²) in [6.07, 6.45) is 0. The standard InChI is InChI=1S/C14H13ClN2O2S/c1-16-9-10-6-7-11(15)8-14(10)20-13-5-3-2-4-12(13)17(18)19/h2-8,16H,9H2,1H3. The highest BCUT2D eigenvalue weighted by Gasteiger charge is 2.15. The van der Waals surface area contributed by atoms with Gasteiger partial charge in [-0.15, -0.1) is 0 Å². The highest BCUT2D eigenvalue weighted by Crippen LogP contribution is 2.37. The van der Waals surface area contributed by atoms with Crippen molar-refractivity contribution in [2.45, 2.75) is 16.3 Å². The van der Waals surface area contributed by atoms with E-state index in [1.54, 1.807) is 18.2 Å². The lowest BCUT2D eigenvalue weighted by Crippen LogP contribution is -2.06. The van der Waals surface area contributed by atoms with Gasteiger partial charge < -0.3 is 5.32 Å². The third-order valence-corrected chi connectivity index (χ3v) is 4.08. The minimum absolute atomic E-state index is 0.105. The average Bonchev–Trinajstić information content (AvgIpc) is 2.42. The molecule has 0 heterocycles. The third-order valence-electron chi connectivity index (χ3n) is 2.68. The van der Waals surface area contributed by atoms with E-state index in [1.807, 2.05) is 25.2 Å². The first-order valence-corrected chi connectivity index (χ1v) is 7.15. The second kappa shape index (κ2) is 6.74. The van der Waals surface area contributed by atoms with Crippen LogP contribution in [0.2, 0.25) is 5.02 Å². The minimum atomic E-state index is -0.370. The Morgan fingerprint density at radius 2 is 2.00 bits per heavy atom. The van der Waals surface area contributed by atoms with Gasteiger partial charge in [-0.25, -0.2) is 0 Å². The molecule has 0 atom stereocenters. The van der Waals surface area contributed by atoms with Crippen LogP contribution in [0.25, 0.3) is 0 Å². The van der Waals surface area contributed by atoms with Gasteiger partial charge in [-0.05, 0) is 30.8 Å². The summed E-state index contributed by atoms with van der Waals surface area (Å²) in [5.41, 5.74) is 1.16. The van der Waals surface area contributed by atoms with Crippen molar-refractivity contribution in [1.82, 2.24) is 5.32 Å². The molecule has 0 spiro atoms. The lowest BCUT2D eigenvalue weighted by atomic mass is 10.2. The first-order valence-electron chi connectivity index (χ1n) is 5.96. The Bertz CT molecular complexity index is 634. The Kier molecular flexibility index (Phi) is 5.00. The van der Waals surface area contributed by atoms with E-state index in [0.29, 0.717) is 16.5 Å². The van der Waals surface area contributed by atoms with Gasteiger partial charge in [0.2, 0.25) is 0 Å². The number of nitro groups is 1. The molecule has 0 aliphatic carbocycles. The van der Waals surface area contributed by atoms with Gasteiger partial charge in [0, 0.05) is 22.5 Å². The summed E-state index contributed by atoms with van der Waals surface area (Å²) in [5.74, 6) is 0. The van der Waals surface area contributed by atoms with E-state index in [0.717, 1.165) is 10.5 Å². The highest BCUT2D eigenvalue weighted by molar-refractivity contribution is 7.99. The number of rotatable bonds is 5.